The minimum atomic E-state index is -0.514. The average molecular weight is 262 g/mol. The second-order valence-corrected chi connectivity index (χ2v) is 4.83. The molecule has 0 aliphatic heterocycles. The molecule has 19 heavy (non-hydrogen) atoms. The summed E-state index contributed by atoms with van der Waals surface area (Å²) in [4.78, 5) is 11.9. The number of carbonyl (C=O) groups excluding carboxylic acids is 1. The van der Waals surface area contributed by atoms with E-state index in [1.165, 1.54) is 13.2 Å². The summed E-state index contributed by atoms with van der Waals surface area (Å²) >= 11 is 0. The molecule has 1 aromatic carbocycles. The molecule has 1 rings (SSSR count). The van der Waals surface area contributed by atoms with E-state index in [1.54, 1.807) is 26.0 Å². The highest BCUT2D eigenvalue weighted by Gasteiger charge is 2.18. The van der Waals surface area contributed by atoms with Crippen LogP contribution in [-0.4, -0.2) is 19.7 Å². The van der Waals surface area contributed by atoms with Crippen molar-refractivity contribution in [3.05, 3.63) is 23.8 Å². The summed E-state index contributed by atoms with van der Waals surface area (Å²) in [5.41, 5.74) is 5.82. The standard InChI is InChI=1S/C14H18N2O3/c1-14(2,9-15)6-7-19-13(17)11-8-10(18-3)4-5-12(11)16/h4-5,8H,6-7,16H2,1-3H3. The molecule has 0 heterocycles. The summed E-state index contributed by atoms with van der Waals surface area (Å²) in [6.07, 6.45) is 0.471. The Morgan fingerprint density at radius 2 is 2.16 bits per heavy atom. The van der Waals surface area contributed by atoms with Gasteiger partial charge < -0.3 is 15.2 Å². The maximum Gasteiger partial charge on any atom is 0.340 e. The molecule has 0 saturated carbocycles. The van der Waals surface area contributed by atoms with E-state index in [0.29, 0.717) is 17.9 Å². The fourth-order valence-corrected chi connectivity index (χ4v) is 1.37. The minimum absolute atomic E-state index is 0.177. The molecule has 0 aliphatic carbocycles. The number of benzene rings is 1. The number of hydrogen-bond acceptors (Lipinski definition) is 5. The van der Waals surface area contributed by atoms with Crippen LogP contribution in [0.2, 0.25) is 0 Å². The van der Waals surface area contributed by atoms with Gasteiger partial charge >= 0.3 is 5.97 Å². The molecule has 0 saturated heterocycles. The molecule has 1 aromatic rings. The first-order chi connectivity index (χ1) is 8.89. The first-order valence-corrected chi connectivity index (χ1v) is 5.91. The largest absolute Gasteiger partial charge is 0.497 e. The lowest BCUT2D eigenvalue weighted by Crippen LogP contribution is -2.15. The Kier molecular flexibility index (Phi) is 4.76. The molecular weight excluding hydrogens is 244 g/mol. The Balaban J connectivity index is 2.67. The molecule has 0 aliphatic rings. The second kappa shape index (κ2) is 6.10. The van der Waals surface area contributed by atoms with Crippen LogP contribution in [0.5, 0.6) is 5.75 Å². The summed E-state index contributed by atoms with van der Waals surface area (Å²) in [6, 6.07) is 6.95. The predicted octanol–water partition coefficient (Wildman–Crippen LogP) is 2.37. The van der Waals surface area contributed by atoms with Crippen LogP contribution in [0.3, 0.4) is 0 Å². The van der Waals surface area contributed by atoms with Gasteiger partial charge in [0.25, 0.3) is 0 Å². The molecule has 0 amide bonds. The molecule has 0 bridgehead atoms. The van der Waals surface area contributed by atoms with E-state index in [1.807, 2.05) is 0 Å². The van der Waals surface area contributed by atoms with Gasteiger partial charge in [0.2, 0.25) is 0 Å². The first kappa shape index (κ1) is 14.8. The van der Waals surface area contributed by atoms with Gasteiger partial charge in [0.05, 0.1) is 30.8 Å². The summed E-state index contributed by atoms with van der Waals surface area (Å²) in [5.74, 6) is 0.0312. The van der Waals surface area contributed by atoms with E-state index in [2.05, 4.69) is 6.07 Å². The number of methoxy groups -OCH3 is 1. The first-order valence-electron chi connectivity index (χ1n) is 5.91. The molecule has 0 unspecified atom stereocenters. The highest BCUT2D eigenvalue weighted by atomic mass is 16.5. The number of nitrogen functional groups attached to an aromatic ring is 1. The van der Waals surface area contributed by atoms with Crippen molar-refractivity contribution in [3.8, 4) is 11.8 Å². The van der Waals surface area contributed by atoms with Crippen molar-refractivity contribution in [2.45, 2.75) is 20.3 Å². The smallest absolute Gasteiger partial charge is 0.340 e. The zero-order valence-electron chi connectivity index (χ0n) is 11.4. The molecule has 0 aromatic heterocycles. The van der Waals surface area contributed by atoms with Crippen LogP contribution in [0.15, 0.2) is 18.2 Å². The highest BCUT2D eigenvalue weighted by Crippen LogP contribution is 2.22. The summed E-state index contributed by atoms with van der Waals surface area (Å²) in [5, 5.41) is 8.86. The zero-order valence-corrected chi connectivity index (χ0v) is 11.4. The van der Waals surface area contributed by atoms with Gasteiger partial charge in [0, 0.05) is 5.69 Å². The van der Waals surface area contributed by atoms with Crippen molar-refractivity contribution < 1.29 is 14.3 Å². The average Bonchev–Trinajstić information content (AvgIpc) is 2.39. The summed E-state index contributed by atoms with van der Waals surface area (Å²) < 4.78 is 10.2. The fourth-order valence-electron chi connectivity index (χ4n) is 1.37. The van der Waals surface area contributed by atoms with Crippen LogP contribution < -0.4 is 10.5 Å². The lowest BCUT2D eigenvalue weighted by Gasteiger charge is -2.15. The number of hydrogen-bond donors (Lipinski definition) is 1. The Labute approximate surface area is 112 Å². The molecule has 0 spiro atoms. The number of rotatable bonds is 5. The van der Waals surface area contributed by atoms with Gasteiger partial charge in [-0.3, -0.25) is 0 Å². The van der Waals surface area contributed by atoms with E-state index < -0.39 is 11.4 Å². The Morgan fingerprint density at radius 3 is 2.74 bits per heavy atom. The van der Waals surface area contributed by atoms with Crippen LogP contribution in [0.4, 0.5) is 5.69 Å². The van der Waals surface area contributed by atoms with Crippen molar-refractivity contribution in [2.24, 2.45) is 5.41 Å². The minimum Gasteiger partial charge on any atom is -0.497 e. The molecule has 2 N–H and O–H groups in total. The maximum atomic E-state index is 11.9. The SMILES string of the molecule is COc1ccc(N)c(C(=O)OCCC(C)(C)C#N)c1. The highest BCUT2D eigenvalue weighted by molar-refractivity contribution is 5.95. The van der Waals surface area contributed by atoms with Crippen molar-refractivity contribution in [1.82, 2.24) is 0 Å². The lowest BCUT2D eigenvalue weighted by molar-refractivity contribution is 0.0476. The van der Waals surface area contributed by atoms with Gasteiger partial charge in [0.15, 0.2) is 0 Å². The predicted molar refractivity (Wildman–Crippen MR) is 71.7 cm³/mol. The second-order valence-electron chi connectivity index (χ2n) is 4.83. The maximum absolute atomic E-state index is 11.9. The lowest BCUT2D eigenvalue weighted by atomic mass is 9.92. The summed E-state index contributed by atoms with van der Waals surface area (Å²) in [6.45, 7) is 3.76. The number of nitrogens with zero attached hydrogens (tertiary/aromatic N) is 1. The van der Waals surface area contributed by atoms with Crippen LogP contribution in [0.1, 0.15) is 30.6 Å². The zero-order chi connectivity index (χ0) is 14.5. The van der Waals surface area contributed by atoms with Gasteiger partial charge in [0.1, 0.15) is 5.75 Å². The van der Waals surface area contributed by atoms with Crippen LogP contribution in [0.25, 0.3) is 0 Å². The van der Waals surface area contributed by atoms with Crippen molar-refractivity contribution >= 4 is 11.7 Å². The quantitative estimate of drug-likeness (QED) is 0.650. The van der Waals surface area contributed by atoms with E-state index in [-0.39, 0.29) is 12.2 Å². The molecule has 0 radical (unpaired) electrons. The molecule has 0 atom stereocenters. The van der Waals surface area contributed by atoms with Crippen LogP contribution >= 0.6 is 0 Å². The number of nitrogens with two attached hydrogens (primary N) is 1. The Bertz CT molecular complexity index is 504. The third kappa shape index (κ3) is 4.18. The van der Waals surface area contributed by atoms with Crippen molar-refractivity contribution in [3.63, 3.8) is 0 Å². The molecule has 5 heteroatoms. The fraction of sp³-hybridized carbons (Fsp3) is 0.429. The monoisotopic (exact) mass is 262 g/mol. The Hall–Kier alpha value is -2.22. The third-order valence-corrected chi connectivity index (χ3v) is 2.74. The van der Waals surface area contributed by atoms with Crippen molar-refractivity contribution in [1.29, 1.82) is 5.26 Å². The van der Waals surface area contributed by atoms with Gasteiger partial charge in [-0.25, -0.2) is 4.79 Å². The van der Waals surface area contributed by atoms with Gasteiger partial charge in [-0.15, -0.1) is 0 Å². The molecule has 0 fully saturated rings. The number of esters is 1. The van der Waals surface area contributed by atoms with E-state index in [4.69, 9.17) is 20.5 Å². The number of carbonyl (C=O) groups is 1. The van der Waals surface area contributed by atoms with Crippen LogP contribution in [0, 0.1) is 16.7 Å². The van der Waals surface area contributed by atoms with Gasteiger partial charge in [-0.2, -0.15) is 5.26 Å². The number of nitriles is 1. The summed E-state index contributed by atoms with van der Waals surface area (Å²) in [7, 11) is 1.51. The van der Waals surface area contributed by atoms with E-state index in [0.717, 1.165) is 0 Å². The number of ether oxygens (including phenoxy) is 2. The third-order valence-electron chi connectivity index (χ3n) is 2.74. The normalized spacial score (nSPS) is 10.6. The van der Waals surface area contributed by atoms with Gasteiger partial charge in [-0.1, -0.05) is 0 Å². The number of anilines is 1. The van der Waals surface area contributed by atoms with Crippen molar-refractivity contribution in [2.75, 3.05) is 19.5 Å². The molecule has 5 nitrogen and oxygen atoms in total. The van der Waals surface area contributed by atoms with Crippen LogP contribution in [-0.2, 0) is 4.74 Å². The Morgan fingerprint density at radius 1 is 1.47 bits per heavy atom. The van der Waals surface area contributed by atoms with Gasteiger partial charge in [-0.05, 0) is 38.5 Å². The van der Waals surface area contributed by atoms with E-state index in [9.17, 15) is 4.79 Å². The van der Waals surface area contributed by atoms with E-state index >= 15 is 0 Å². The molecule has 102 valence electrons. The topological polar surface area (TPSA) is 85.3 Å². The molecular formula is C14H18N2O3.